The normalized spacial score (nSPS) is 22.4. The molecule has 1 aliphatic rings. The molecular formula is C39H42O8. The van der Waals surface area contributed by atoms with Gasteiger partial charge < -0.3 is 28.6 Å². The molecule has 0 aromatic heterocycles. The first-order chi connectivity index (χ1) is 23.1. The highest BCUT2D eigenvalue weighted by molar-refractivity contribution is 5.70. The SMILES string of the molecule is C=CC[C@]1(CC(=O)OO)O[C@H](COCc2ccccc2)[C@@H](OCc2ccccc2)[C@H](OCc2ccccc2)[C@@H]1OCc1ccccc1. The minimum absolute atomic E-state index is 0.137. The van der Waals surface area contributed by atoms with Gasteiger partial charge in [0.05, 0.1) is 39.5 Å². The van der Waals surface area contributed by atoms with Crippen LogP contribution in [0.2, 0.25) is 0 Å². The van der Waals surface area contributed by atoms with E-state index in [1.807, 2.05) is 121 Å². The fourth-order valence-electron chi connectivity index (χ4n) is 5.94. The van der Waals surface area contributed by atoms with Crippen LogP contribution in [0.25, 0.3) is 0 Å². The Morgan fingerprint density at radius 2 is 1.13 bits per heavy atom. The van der Waals surface area contributed by atoms with E-state index in [9.17, 15) is 10.1 Å². The second-order valence-corrected chi connectivity index (χ2v) is 11.6. The third-order valence-corrected chi connectivity index (χ3v) is 8.17. The van der Waals surface area contributed by atoms with Gasteiger partial charge >= 0.3 is 5.97 Å². The summed E-state index contributed by atoms with van der Waals surface area (Å²) in [6, 6.07) is 39.3. The average molecular weight is 639 g/mol. The topological polar surface area (TPSA) is 92.7 Å². The number of carbonyl (C=O) groups is 1. The summed E-state index contributed by atoms with van der Waals surface area (Å²) in [6.07, 6.45) is -1.37. The van der Waals surface area contributed by atoms with Gasteiger partial charge in [0.25, 0.3) is 0 Å². The molecule has 0 spiro atoms. The molecule has 1 heterocycles. The molecule has 8 heteroatoms. The van der Waals surface area contributed by atoms with Gasteiger partial charge in [-0.2, -0.15) is 5.26 Å². The van der Waals surface area contributed by atoms with Crippen LogP contribution in [0.3, 0.4) is 0 Å². The van der Waals surface area contributed by atoms with Crippen molar-refractivity contribution in [2.45, 2.75) is 69.3 Å². The van der Waals surface area contributed by atoms with Crippen LogP contribution in [0.4, 0.5) is 0 Å². The summed E-state index contributed by atoms with van der Waals surface area (Å²) in [6.45, 7) is 5.22. The Morgan fingerprint density at radius 3 is 1.60 bits per heavy atom. The van der Waals surface area contributed by atoms with E-state index in [4.69, 9.17) is 23.7 Å². The fourth-order valence-corrected chi connectivity index (χ4v) is 5.94. The smallest absolute Gasteiger partial charge is 0.345 e. The van der Waals surface area contributed by atoms with Crippen LogP contribution in [0.1, 0.15) is 35.1 Å². The lowest BCUT2D eigenvalue weighted by atomic mass is 9.79. The van der Waals surface area contributed by atoms with Gasteiger partial charge in [-0.3, -0.25) is 0 Å². The summed E-state index contributed by atoms with van der Waals surface area (Å²) in [4.78, 5) is 17.0. The van der Waals surface area contributed by atoms with Gasteiger partial charge in [0.2, 0.25) is 0 Å². The molecule has 8 nitrogen and oxygen atoms in total. The average Bonchev–Trinajstić information content (AvgIpc) is 3.11. The van der Waals surface area contributed by atoms with Crippen molar-refractivity contribution in [1.29, 1.82) is 0 Å². The van der Waals surface area contributed by atoms with E-state index in [0.717, 1.165) is 22.3 Å². The highest BCUT2D eigenvalue weighted by Crippen LogP contribution is 2.41. The van der Waals surface area contributed by atoms with E-state index in [0.29, 0.717) is 6.61 Å². The number of ether oxygens (including phenoxy) is 5. The molecule has 0 amide bonds. The number of hydrogen-bond acceptors (Lipinski definition) is 8. The van der Waals surface area contributed by atoms with Crippen molar-refractivity contribution in [2.24, 2.45) is 0 Å². The summed E-state index contributed by atoms with van der Waals surface area (Å²) >= 11 is 0. The second kappa shape index (κ2) is 17.7. The Morgan fingerprint density at radius 1 is 0.681 bits per heavy atom. The van der Waals surface area contributed by atoms with Crippen molar-refractivity contribution in [3.63, 3.8) is 0 Å². The molecule has 1 N–H and O–H groups in total. The van der Waals surface area contributed by atoms with Crippen LogP contribution in [0, 0.1) is 0 Å². The van der Waals surface area contributed by atoms with Crippen molar-refractivity contribution < 1.29 is 38.6 Å². The molecule has 246 valence electrons. The quantitative estimate of drug-likeness (QED) is 0.0746. The molecule has 0 bridgehead atoms. The van der Waals surface area contributed by atoms with Crippen molar-refractivity contribution in [3.8, 4) is 0 Å². The molecule has 1 saturated heterocycles. The van der Waals surface area contributed by atoms with E-state index in [1.165, 1.54) is 0 Å². The van der Waals surface area contributed by atoms with Crippen molar-refractivity contribution >= 4 is 5.97 Å². The third-order valence-electron chi connectivity index (χ3n) is 8.17. The largest absolute Gasteiger partial charge is 0.374 e. The molecule has 0 saturated carbocycles. The predicted octanol–water partition coefficient (Wildman–Crippen LogP) is 7.08. The number of rotatable bonds is 17. The maximum Gasteiger partial charge on any atom is 0.345 e. The molecule has 0 unspecified atom stereocenters. The first-order valence-electron chi connectivity index (χ1n) is 15.8. The molecule has 0 aliphatic carbocycles. The molecule has 1 fully saturated rings. The lowest BCUT2D eigenvalue weighted by Crippen LogP contribution is -2.67. The zero-order valence-electron chi connectivity index (χ0n) is 26.4. The number of benzene rings is 4. The van der Waals surface area contributed by atoms with Crippen molar-refractivity contribution in [2.75, 3.05) is 6.61 Å². The van der Waals surface area contributed by atoms with Gasteiger partial charge in [-0.05, 0) is 28.7 Å². The van der Waals surface area contributed by atoms with E-state index >= 15 is 0 Å². The number of carbonyl (C=O) groups excluding carboxylic acids is 1. The van der Waals surface area contributed by atoms with Crippen molar-refractivity contribution in [3.05, 3.63) is 156 Å². The molecule has 5 atom stereocenters. The van der Waals surface area contributed by atoms with Gasteiger partial charge in [0.1, 0.15) is 30.0 Å². The van der Waals surface area contributed by atoms with Crippen molar-refractivity contribution in [1.82, 2.24) is 0 Å². The summed E-state index contributed by atoms with van der Waals surface area (Å²) in [5.41, 5.74) is 2.55. The minimum Gasteiger partial charge on any atom is -0.374 e. The molecule has 4 aromatic carbocycles. The molecule has 5 rings (SSSR count). The van der Waals surface area contributed by atoms with Crippen LogP contribution in [0.5, 0.6) is 0 Å². The highest BCUT2D eigenvalue weighted by Gasteiger charge is 2.57. The second-order valence-electron chi connectivity index (χ2n) is 11.6. The maximum atomic E-state index is 12.8. The summed E-state index contributed by atoms with van der Waals surface area (Å²) in [5, 5.41) is 9.40. The van der Waals surface area contributed by atoms with Gasteiger partial charge in [-0.15, -0.1) is 6.58 Å². The van der Waals surface area contributed by atoms with Crippen LogP contribution < -0.4 is 0 Å². The number of hydrogen-bond donors (Lipinski definition) is 1. The van der Waals surface area contributed by atoms with Gasteiger partial charge in [-0.1, -0.05) is 127 Å². The first-order valence-corrected chi connectivity index (χ1v) is 15.8. The van der Waals surface area contributed by atoms with Gasteiger partial charge in [0, 0.05) is 0 Å². The van der Waals surface area contributed by atoms with Crippen LogP contribution in [-0.2, 0) is 59.8 Å². The Balaban J connectivity index is 1.53. The summed E-state index contributed by atoms with van der Waals surface area (Å²) < 4.78 is 33.2. The van der Waals surface area contributed by atoms with Crippen LogP contribution >= 0.6 is 0 Å². The standard InChI is InChI=1S/C39H42O8/c1-2-23-39(24-35(40)47-41)38(45-28-33-21-13-6-14-22-33)37(44-27-32-19-11-5-12-20-32)36(43-26-31-17-9-4-10-18-31)34(46-39)29-42-25-30-15-7-3-8-16-30/h2-22,34,36-38,41H,1,23-29H2/t34-,36-,37+,38+,39-/m1/s1. The molecule has 47 heavy (non-hydrogen) atoms. The first kappa shape index (κ1) is 34.2. The lowest BCUT2D eigenvalue weighted by Gasteiger charge is -2.52. The lowest BCUT2D eigenvalue weighted by molar-refractivity contribution is -0.312. The minimum atomic E-state index is -1.33. The predicted molar refractivity (Wildman–Crippen MR) is 177 cm³/mol. The molecule has 4 aromatic rings. The third kappa shape index (κ3) is 9.68. The van der Waals surface area contributed by atoms with Crippen LogP contribution in [-0.4, -0.2) is 47.9 Å². The Kier molecular flexibility index (Phi) is 12.9. The summed E-state index contributed by atoms with van der Waals surface area (Å²) in [5.74, 6) is -0.866. The van der Waals surface area contributed by atoms with E-state index in [-0.39, 0.29) is 39.3 Å². The Hall–Kier alpha value is -4.15. The summed E-state index contributed by atoms with van der Waals surface area (Å²) in [7, 11) is 0. The van der Waals surface area contributed by atoms with Gasteiger partial charge in [-0.25, -0.2) is 4.79 Å². The van der Waals surface area contributed by atoms with E-state index in [2.05, 4.69) is 11.5 Å². The maximum absolute atomic E-state index is 12.8. The molecule has 0 radical (unpaired) electrons. The Labute approximate surface area is 276 Å². The molecule has 1 aliphatic heterocycles. The van der Waals surface area contributed by atoms with E-state index in [1.54, 1.807) is 6.08 Å². The zero-order chi connectivity index (χ0) is 32.7. The fraction of sp³-hybridized carbons (Fsp3) is 0.308. The highest BCUT2D eigenvalue weighted by atomic mass is 17.1. The molecular weight excluding hydrogens is 596 g/mol. The van der Waals surface area contributed by atoms with E-state index < -0.39 is 36.0 Å². The Bertz CT molecular complexity index is 1480. The van der Waals surface area contributed by atoms with Gasteiger partial charge in [0.15, 0.2) is 0 Å². The zero-order valence-corrected chi connectivity index (χ0v) is 26.4. The van der Waals surface area contributed by atoms with Crippen LogP contribution in [0.15, 0.2) is 134 Å². The monoisotopic (exact) mass is 638 g/mol.